The molecular formula is C19H20ClN7O. The summed E-state index contributed by atoms with van der Waals surface area (Å²) in [6.07, 6.45) is 4.76. The van der Waals surface area contributed by atoms with Crippen molar-refractivity contribution in [2.24, 2.45) is 0 Å². The molecule has 0 saturated carbocycles. The lowest BCUT2D eigenvalue weighted by atomic mass is 10.2. The number of nitrogens with one attached hydrogen (secondary N) is 1. The number of nitrogens with zero attached hydrogens (tertiary/aromatic N) is 6. The summed E-state index contributed by atoms with van der Waals surface area (Å²) in [4.78, 5) is 9.00. The maximum absolute atomic E-state index is 5.40. The molecule has 1 N–H and O–H groups in total. The second kappa shape index (κ2) is 7.95. The van der Waals surface area contributed by atoms with Gasteiger partial charge in [-0.25, -0.2) is 4.98 Å². The fourth-order valence-electron chi connectivity index (χ4n) is 3.31. The predicted octanol–water partition coefficient (Wildman–Crippen LogP) is 2.76. The molecule has 3 aromatic heterocycles. The van der Waals surface area contributed by atoms with Crippen LogP contribution < -0.4 is 5.32 Å². The minimum atomic E-state index is 0. The summed E-state index contributed by atoms with van der Waals surface area (Å²) in [5.74, 6) is 1.93. The van der Waals surface area contributed by atoms with E-state index in [0.29, 0.717) is 18.3 Å². The van der Waals surface area contributed by atoms with Crippen LogP contribution in [-0.2, 0) is 19.6 Å². The highest BCUT2D eigenvalue weighted by molar-refractivity contribution is 5.85. The zero-order chi connectivity index (χ0) is 18.1. The third-order valence-corrected chi connectivity index (χ3v) is 4.64. The zero-order valence-electron chi connectivity index (χ0n) is 15.2. The van der Waals surface area contributed by atoms with Gasteiger partial charge in [-0.1, -0.05) is 23.4 Å². The van der Waals surface area contributed by atoms with Crippen molar-refractivity contribution in [3.8, 4) is 23.0 Å². The Morgan fingerprint density at radius 3 is 2.96 bits per heavy atom. The summed E-state index contributed by atoms with van der Waals surface area (Å²) in [5, 5.41) is 12.3. The number of hydrogen-bond donors (Lipinski definition) is 1. The fourth-order valence-corrected chi connectivity index (χ4v) is 3.31. The van der Waals surface area contributed by atoms with Crippen molar-refractivity contribution in [1.82, 2.24) is 34.8 Å². The molecule has 0 aliphatic carbocycles. The number of aryl methyl sites for hydroxylation is 1. The van der Waals surface area contributed by atoms with E-state index >= 15 is 0 Å². The van der Waals surface area contributed by atoms with Gasteiger partial charge in [0, 0.05) is 31.0 Å². The molecule has 4 heterocycles. The fraction of sp³-hybridized carbons (Fsp3) is 0.263. The van der Waals surface area contributed by atoms with Crippen LogP contribution in [0.15, 0.2) is 53.3 Å². The minimum Gasteiger partial charge on any atom is -0.334 e. The molecule has 8 nitrogen and oxygen atoms in total. The van der Waals surface area contributed by atoms with E-state index in [2.05, 4.69) is 31.2 Å². The quantitative estimate of drug-likeness (QED) is 0.569. The van der Waals surface area contributed by atoms with Gasteiger partial charge in [0.2, 0.25) is 0 Å². The number of imidazole rings is 1. The Morgan fingerprint density at radius 2 is 2.07 bits per heavy atom. The van der Waals surface area contributed by atoms with Crippen LogP contribution in [0.5, 0.6) is 0 Å². The largest absolute Gasteiger partial charge is 0.334 e. The van der Waals surface area contributed by atoms with Crippen molar-refractivity contribution >= 4 is 12.4 Å². The lowest BCUT2D eigenvalue weighted by molar-refractivity contribution is 0.420. The maximum atomic E-state index is 5.40. The van der Waals surface area contributed by atoms with Crippen LogP contribution in [0.3, 0.4) is 0 Å². The van der Waals surface area contributed by atoms with Gasteiger partial charge >= 0.3 is 0 Å². The Balaban J connectivity index is 0.00000192. The summed E-state index contributed by atoms with van der Waals surface area (Å²) in [6.45, 7) is 3.26. The Bertz CT molecular complexity index is 1030. The van der Waals surface area contributed by atoms with E-state index in [1.165, 1.54) is 5.69 Å². The van der Waals surface area contributed by atoms with Crippen molar-refractivity contribution in [3.63, 3.8) is 0 Å². The number of benzene rings is 1. The van der Waals surface area contributed by atoms with Crippen molar-refractivity contribution in [3.05, 3.63) is 60.3 Å². The molecule has 0 radical (unpaired) electrons. The van der Waals surface area contributed by atoms with Crippen LogP contribution in [0.4, 0.5) is 0 Å². The van der Waals surface area contributed by atoms with Gasteiger partial charge in [-0.05, 0) is 31.2 Å². The van der Waals surface area contributed by atoms with Gasteiger partial charge in [-0.2, -0.15) is 10.1 Å². The Kier molecular flexibility index (Phi) is 5.23. The molecule has 9 heteroatoms. The summed E-state index contributed by atoms with van der Waals surface area (Å²) in [6, 6.07) is 11.9. The highest BCUT2D eigenvalue weighted by Gasteiger charge is 2.17. The number of fused-ring (bicyclic) bond motifs is 1. The normalized spacial score (nSPS) is 13.6. The summed E-state index contributed by atoms with van der Waals surface area (Å²) < 4.78 is 9.46. The van der Waals surface area contributed by atoms with Gasteiger partial charge in [0.05, 0.1) is 12.2 Å². The topological polar surface area (TPSA) is 86.6 Å². The molecule has 144 valence electrons. The molecule has 0 bridgehead atoms. The standard InChI is InChI=1S/C19H19N7O.ClH/c1-2-5-14(6-3-1)19-22-17(24-27-19)13-25-10-8-21-18(25)16-11-15-12-20-7-4-9-26(15)23-16;/h1-3,5-6,8,10-11,20H,4,7,9,12-13H2;1H. The van der Waals surface area contributed by atoms with Crippen molar-refractivity contribution in [1.29, 1.82) is 0 Å². The third kappa shape index (κ3) is 3.56. The monoisotopic (exact) mass is 397 g/mol. The predicted molar refractivity (Wildman–Crippen MR) is 106 cm³/mol. The first-order chi connectivity index (χ1) is 13.4. The minimum absolute atomic E-state index is 0. The average molecular weight is 398 g/mol. The van der Waals surface area contributed by atoms with Gasteiger partial charge in [-0.3, -0.25) is 4.68 Å². The lowest BCUT2D eigenvalue weighted by Crippen LogP contribution is -2.11. The molecule has 28 heavy (non-hydrogen) atoms. The zero-order valence-corrected chi connectivity index (χ0v) is 16.0. The maximum Gasteiger partial charge on any atom is 0.257 e. The Labute approximate surface area is 168 Å². The number of hydrogen-bond acceptors (Lipinski definition) is 6. The molecule has 0 spiro atoms. The molecular weight excluding hydrogens is 378 g/mol. The first-order valence-electron chi connectivity index (χ1n) is 9.04. The van der Waals surface area contributed by atoms with E-state index in [1.807, 2.05) is 41.1 Å². The van der Waals surface area contributed by atoms with Gasteiger partial charge in [0.15, 0.2) is 11.6 Å². The van der Waals surface area contributed by atoms with Gasteiger partial charge < -0.3 is 14.4 Å². The molecule has 1 aliphatic rings. The van der Waals surface area contributed by atoms with Gasteiger partial charge in [-0.15, -0.1) is 12.4 Å². The summed E-state index contributed by atoms with van der Waals surface area (Å²) in [5.41, 5.74) is 2.96. The lowest BCUT2D eigenvalue weighted by Gasteiger charge is -2.03. The van der Waals surface area contributed by atoms with E-state index < -0.39 is 0 Å². The van der Waals surface area contributed by atoms with Crippen LogP contribution in [0.25, 0.3) is 23.0 Å². The van der Waals surface area contributed by atoms with Crippen molar-refractivity contribution in [2.75, 3.05) is 6.54 Å². The van der Waals surface area contributed by atoms with E-state index in [1.54, 1.807) is 6.20 Å². The van der Waals surface area contributed by atoms with Crippen LogP contribution in [0, 0.1) is 0 Å². The summed E-state index contributed by atoms with van der Waals surface area (Å²) in [7, 11) is 0. The van der Waals surface area contributed by atoms with E-state index in [9.17, 15) is 0 Å². The second-order valence-corrected chi connectivity index (χ2v) is 6.53. The first-order valence-corrected chi connectivity index (χ1v) is 9.04. The smallest absolute Gasteiger partial charge is 0.257 e. The van der Waals surface area contributed by atoms with Crippen LogP contribution in [0.1, 0.15) is 17.9 Å². The first kappa shape index (κ1) is 18.4. The highest BCUT2D eigenvalue weighted by Crippen LogP contribution is 2.21. The van der Waals surface area contributed by atoms with Gasteiger partial charge in [0.25, 0.3) is 5.89 Å². The number of aromatic nitrogens is 6. The average Bonchev–Trinajstić information content (AvgIpc) is 3.41. The molecule has 0 amide bonds. The van der Waals surface area contributed by atoms with Crippen molar-refractivity contribution in [2.45, 2.75) is 26.1 Å². The van der Waals surface area contributed by atoms with E-state index in [0.717, 1.165) is 43.1 Å². The highest BCUT2D eigenvalue weighted by atomic mass is 35.5. The number of rotatable bonds is 4. The molecule has 5 rings (SSSR count). The molecule has 1 aromatic carbocycles. The van der Waals surface area contributed by atoms with E-state index in [4.69, 9.17) is 9.62 Å². The molecule has 0 saturated heterocycles. The molecule has 1 aliphatic heterocycles. The second-order valence-electron chi connectivity index (χ2n) is 6.53. The molecule has 0 atom stereocenters. The van der Waals surface area contributed by atoms with Crippen LogP contribution in [0.2, 0.25) is 0 Å². The number of halogens is 1. The van der Waals surface area contributed by atoms with Crippen LogP contribution >= 0.6 is 12.4 Å². The molecule has 0 fully saturated rings. The molecule has 4 aromatic rings. The van der Waals surface area contributed by atoms with Crippen molar-refractivity contribution < 1.29 is 4.52 Å². The van der Waals surface area contributed by atoms with Crippen LogP contribution in [-0.4, -0.2) is 36.0 Å². The Morgan fingerprint density at radius 1 is 1.18 bits per heavy atom. The van der Waals surface area contributed by atoms with E-state index in [-0.39, 0.29) is 12.4 Å². The summed E-state index contributed by atoms with van der Waals surface area (Å²) >= 11 is 0. The van der Waals surface area contributed by atoms with Gasteiger partial charge in [0.1, 0.15) is 5.69 Å². The molecule has 0 unspecified atom stereocenters. The third-order valence-electron chi connectivity index (χ3n) is 4.64. The Hall–Kier alpha value is -2.97. The SMILES string of the molecule is Cl.c1ccc(-c2nc(Cn3ccnc3-c3cc4n(n3)CCCNC4)no2)cc1.